The van der Waals surface area contributed by atoms with Crippen molar-refractivity contribution in [3.8, 4) is 0 Å². The topological polar surface area (TPSA) is 72.9 Å². The van der Waals surface area contributed by atoms with Gasteiger partial charge in [-0.05, 0) is 40.5 Å². The zero-order chi connectivity index (χ0) is 14.6. The Morgan fingerprint density at radius 1 is 1.37 bits per heavy atom. The maximum Gasteiger partial charge on any atom is 0.417 e. The number of imide groups is 1. The third-order valence-corrected chi connectivity index (χ3v) is 2.60. The zero-order valence-electron chi connectivity index (χ0n) is 11.9. The summed E-state index contributed by atoms with van der Waals surface area (Å²) in [6, 6.07) is -0.865. The van der Waals surface area contributed by atoms with E-state index in [9.17, 15) is 14.4 Å². The summed E-state index contributed by atoms with van der Waals surface area (Å²) in [5.74, 6) is -0.944. The number of esters is 1. The standard InChI is InChI=1S/C13H21NO5/c1-5-18-11(16)9-7-6-8-10(15)14(9)12(17)19-13(2,3)4/h9H,5-8H2,1-4H3/t9-/m0/s1. The highest BCUT2D eigenvalue weighted by Crippen LogP contribution is 2.22. The van der Waals surface area contributed by atoms with E-state index in [0.717, 1.165) is 4.90 Å². The first-order valence-corrected chi connectivity index (χ1v) is 6.48. The molecule has 1 aliphatic rings. The summed E-state index contributed by atoms with van der Waals surface area (Å²) in [6.45, 7) is 7.02. The molecule has 1 atom stereocenters. The number of nitrogens with zero attached hydrogens (tertiary/aromatic N) is 1. The van der Waals surface area contributed by atoms with Gasteiger partial charge in [0.2, 0.25) is 5.91 Å². The van der Waals surface area contributed by atoms with Gasteiger partial charge in [0.25, 0.3) is 0 Å². The van der Waals surface area contributed by atoms with Gasteiger partial charge in [0.05, 0.1) is 6.61 Å². The zero-order valence-corrected chi connectivity index (χ0v) is 11.9. The molecule has 0 aromatic rings. The van der Waals surface area contributed by atoms with E-state index in [-0.39, 0.29) is 13.0 Å². The Labute approximate surface area is 113 Å². The van der Waals surface area contributed by atoms with E-state index < -0.39 is 29.6 Å². The highest BCUT2D eigenvalue weighted by molar-refractivity contribution is 5.97. The number of rotatable bonds is 2. The number of hydrogen-bond acceptors (Lipinski definition) is 5. The van der Waals surface area contributed by atoms with Crippen LogP contribution in [0.2, 0.25) is 0 Å². The van der Waals surface area contributed by atoms with Gasteiger partial charge in [0.15, 0.2) is 0 Å². The van der Waals surface area contributed by atoms with Gasteiger partial charge >= 0.3 is 12.1 Å². The first kappa shape index (κ1) is 15.5. The van der Waals surface area contributed by atoms with Crippen molar-refractivity contribution in [3.63, 3.8) is 0 Å². The lowest BCUT2D eigenvalue weighted by atomic mass is 10.0. The highest BCUT2D eigenvalue weighted by Gasteiger charge is 2.40. The third-order valence-electron chi connectivity index (χ3n) is 2.60. The average molecular weight is 271 g/mol. The Balaban J connectivity index is 2.86. The molecule has 0 aromatic carbocycles. The Kier molecular flexibility index (Phi) is 4.91. The normalized spacial score (nSPS) is 20.1. The van der Waals surface area contributed by atoms with Crippen LogP contribution in [0.25, 0.3) is 0 Å². The summed E-state index contributed by atoms with van der Waals surface area (Å²) < 4.78 is 10.1. The van der Waals surface area contributed by atoms with Crippen LogP contribution in [0.3, 0.4) is 0 Å². The van der Waals surface area contributed by atoms with E-state index in [4.69, 9.17) is 9.47 Å². The molecule has 0 radical (unpaired) electrons. The van der Waals surface area contributed by atoms with Crippen molar-refractivity contribution in [2.45, 2.75) is 58.6 Å². The van der Waals surface area contributed by atoms with Crippen molar-refractivity contribution in [2.24, 2.45) is 0 Å². The summed E-state index contributed by atoms with van der Waals surface area (Å²) in [5, 5.41) is 0. The first-order chi connectivity index (χ1) is 8.76. The molecule has 1 heterocycles. The van der Waals surface area contributed by atoms with E-state index in [1.807, 2.05) is 0 Å². The fraction of sp³-hybridized carbons (Fsp3) is 0.769. The number of likely N-dealkylation sites (tertiary alicyclic amines) is 1. The van der Waals surface area contributed by atoms with Gasteiger partial charge in [0, 0.05) is 6.42 Å². The number of hydrogen-bond donors (Lipinski definition) is 0. The molecule has 1 saturated heterocycles. The molecule has 1 fully saturated rings. The van der Waals surface area contributed by atoms with Gasteiger partial charge in [-0.2, -0.15) is 0 Å². The number of amides is 2. The van der Waals surface area contributed by atoms with E-state index in [2.05, 4.69) is 0 Å². The largest absolute Gasteiger partial charge is 0.464 e. The van der Waals surface area contributed by atoms with Crippen molar-refractivity contribution < 1.29 is 23.9 Å². The molecule has 1 aliphatic heterocycles. The van der Waals surface area contributed by atoms with Crippen molar-refractivity contribution in [2.75, 3.05) is 6.61 Å². The second kappa shape index (κ2) is 6.04. The van der Waals surface area contributed by atoms with E-state index in [0.29, 0.717) is 12.8 Å². The predicted octanol–water partition coefficient (Wildman–Crippen LogP) is 1.87. The van der Waals surface area contributed by atoms with E-state index in [1.54, 1.807) is 27.7 Å². The van der Waals surface area contributed by atoms with Crippen LogP contribution in [0.15, 0.2) is 0 Å². The smallest absolute Gasteiger partial charge is 0.417 e. The molecular weight excluding hydrogens is 250 g/mol. The Morgan fingerprint density at radius 2 is 2.00 bits per heavy atom. The van der Waals surface area contributed by atoms with Gasteiger partial charge in [-0.1, -0.05) is 0 Å². The van der Waals surface area contributed by atoms with Crippen molar-refractivity contribution >= 4 is 18.0 Å². The minimum atomic E-state index is -0.865. The summed E-state index contributed by atoms with van der Waals surface area (Å²) in [7, 11) is 0. The van der Waals surface area contributed by atoms with Crippen LogP contribution in [0, 0.1) is 0 Å². The molecule has 0 saturated carbocycles. The minimum Gasteiger partial charge on any atom is -0.464 e. The van der Waals surface area contributed by atoms with Crippen LogP contribution >= 0.6 is 0 Å². The molecule has 0 bridgehead atoms. The molecule has 0 aromatic heterocycles. The summed E-state index contributed by atoms with van der Waals surface area (Å²) in [6.07, 6.45) is 0.455. The molecule has 108 valence electrons. The molecule has 1 rings (SSSR count). The maximum atomic E-state index is 12.0. The van der Waals surface area contributed by atoms with Crippen LogP contribution in [0.5, 0.6) is 0 Å². The van der Waals surface area contributed by atoms with Gasteiger partial charge in [0.1, 0.15) is 11.6 Å². The second-order valence-corrected chi connectivity index (χ2v) is 5.40. The minimum absolute atomic E-state index is 0.214. The molecule has 6 nitrogen and oxygen atoms in total. The SMILES string of the molecule is CCOC(=O)[C@@H]1CCCC(=O)N1C(=O)OC(C)(C)C. The number of piperidine rings is 1. The number of ether oxygens (including phenoxy) is 2. The lowest BCUT2D eigenvalue weighted by molar-refractivity contribution is -0.156. The van der Waals surface area contributed by atoms with Crippen LogP contribution in [0.1, 0.15) is 47.0 Å². The van der Waals surface area contributed by atoms with E-state index >= 15 is 0 Å². The molecule has 0 aliphatic carbocycles. The van der Waals surface area contributed by atoms with Crippen LogP contribution in [-0.2, 0) is 19.1 Å². The van der Waals surface area contributed by atoms with Gasteiger partial charge in [-0.15, -0.1) is 0 Å². The highest BCUT2D eigenvalue weighted by atomic mass is 16.6. The molecular formula is C13H21NO5. The molecule has 0 N–H and O–H groups in total. The monoisotopic (exact) mass is 271 g/mol. The second-order valence-electron chi connectivity index (χ2n) is 5.40. The molecule has 6 heteroatoms. The molecule has 0 unspecified atom stereocenters. The van der Waals surface area contributed by atoms with Crippen molar-refractivity contribution in [3.05, 3.63) is 0 Å². The van der Waals surface area contributed by atoms with Crippen molar-refractivity contribution in [1.82, 2.24) is 4.90 Å². The third kappa shape index (κ3) is 4.22. The molecule has 19 heavy (non-hydrogen) atoms. The molecule has 0 spiro atoms. The van der Waals surface area contributed by atoms with E-state index in [1.165, 1.54) is 0 Å². The summed E-state index contributed by atoms with van der Waals surface area (Å²) in [5.41, 5.74) is -0.714. The summed E-state index contributed by atoms with van der Waals surface area (Å²) >= 11 is 0. The number of carbonyl (C=O) groups excluding carboxylic acids is 3. The maximum absolute atomic E-state index is 12.0. The van der Waals surface area contributed by atoms with Crippen LogP contribution in [-0.4, -0.2) is 41.1 Å². The van der Waals surface area contributed by atoms with Gasteiger partial charge < -0.3 is 9.47 Å². The molecule has 2 amide bonds. The average Bonchev–Trinajstić information content (AvgIpc) is 2.26. The van der Waals surface area contributed by atoms with Gasteiger partial charge in [-0.25, -0.2) is 14.5 Å². The Bertz CT molecular complexity index is 372. The van der Waals surface area contributed by atoms with Gasteiger partial charge in [-0.3, -0.25) is 4.79 Å². The fourth-order valence-electron chi connectivity index (χ4n) is 1.87. The van der Waals surface area contributed by atoms with Crippen LogP contribution in [0.4, 0.5) is 4.79 Å². The number of carbonyl (C=O) groups is 3. The lowest BCUT2D eigenvalue weighted by Gasteiger charge is -2.33. The van der Waals surface area contributed by atoms with Crippen molar-refractivity contribution in [1.29, 1.82) is 0 Å². The Morgan fingerprint density at radius 3 is 2.53 bits per heavy atom. The fourth-order valence-corrected chi connectivity index (χ4v) is 1.87. The summed E-state index contributed by atoms with van der Waals surface area (Å²) in [4.78, 5) is 36.6. The lowest BCUT2D eigenvalue weighted by Crippen LogP contribution is -2.53. The van der Waals surface area contributed by atoms with Crippen LogP contribution < -0.4 is 0 Å². The first-order valence-electron chi connectivity index (χ1n) is 6.48. The quantitative estimate of drug-likeness (QED) is 0.717. The predicted molar refractivity (Wildman–Crippen MR) is 67.4 cm³/mol. The Hall–Kier alpha value is -1.59.